The van der Waals surface area contributed by atoms with E-state index in [2.05, 4.69) is 67.8 Å². The van der Waals surface area contributed by atoms with E-state index in [1.54, 1.807) is 12.4 Å². The Morgan fingerprint density at radius 2 is 1.51 bits per heavy atom. The molecule has 0 radical (unpaired) electrons. The van der Waals surface area contributed by atoms with Gasteiger partial charge in [0.1, 0.15) is 12.1 Å². The van der Waals surface area contributed by atoms with Gasteiger partial charge in [0.05, 0.1) is 11.3 Å². The maximum atomic E-state index is 13.1. The molecule has 0 saturated carbocycles. The van der Waals surface area contributed by atoms with Crippen LogP contribution in [0.3, 0.4) is 0 Å². The Morgan fingerprint density at radius 3 is 2.12 bits per heavy atom. The molecule has 0 bridgehead atoms. The van der Waals surface area contributed by atoms with Gasteiger partial charge in [-0.05, 0) is 68.7 Å². The molecule has 0 unspecified atom stereocenters. The fourth-order valence-corrected chi connectivity index (χ4v) is 5.34. The van der Waals surface area contributed by atoms with Crippen molar-refractivity contribution in [2.45, 2.75) is 51.5 Å². The SMILES string of the molecule is CC(C)N1CCC(N(Cc2ccc(N(C)c3ccncc3)cc2)c2cc(-c3ccc(C(F)(F)F)cc3)ncn2)CC1. The Labute approximate surface area is 239 Å². The van der Waals surface area contributed by atoms with Crippen molar-refractivity contribution >= 4 is 17.2 Å². The molecule has 0 amide bonds. The van der Waals surface area contributed by atoms with E-state index in [-0.39, 0.29) is 6.04 Å². The zero-order valence-corrected chi connectivity index (χ0v) is 23.6. The van der Waals surface area contributed by atoms with E-state index < -0.39 is 11.7 Å². The first-order valence-electron chi connectivity index (χ1n) is 13.9. The first-order valence-corrected chi connectivity index (χ1v) is 13.9. The average Bonchev–Trinajstić information content (AvgIpc) is 3.00. The maximum Gasteiger partial charge on any atom is 0.416 e. The molecule has 1 aliphatic heterocycles. The van der Waals surface area contributed by atoms with E-state index in [4.69, 9.17) is 0 Å². The number of rotatable bonds is 8. The zero-order chi connectivity index (χ0) is 29.0. The summed E-state index contributed by atoms with van der Waals surface area (Å²) in [7, 11) is 2.03. The molecular weight excluding hydrogens is 525 g/mol. The third kappa shape index (κ3) is 6.85. The molecule has 6 nitrogen and oxygen atoms in total. The van der Waals surface area contributed by atoms with Gasteiger partial charge in [-0.15, -0.1) is 0 Å². The van der Waals surface area contributed by atoms with Gasteiger partial charge in [0, 0.05) is 74.2 Å². The summed E-state index contributed by atoms with van der Waals surface area (Å²) in [5.74, 6) is 0.774. The highest BCUT2D eigenvalue weighted by Crippen LogP contribution is 2.32. The van der Waals surface area contributed by atoms with E-state index >= 15 is 0 Å². The van der Waals surface area contributed by atoms with Crippen molar-refractivity contribution in [3.05, 3.63) is 96.6 Å². The number of alkyl halides is 3. The molecule has 1 aliphatic rings. The summed E-state index contributed by atoms with van der Waals surface area (Å²) in [4.78, 5) is 20.1. The third-order valence-corrected chi connectivity index (χ3v) is 7.85. The Balaban J connectivity index is 1.41. The highest BCUT2D eigenvalue weighted by molar-refractivity contribution is 5.64. The zero-order valence-electron chi connectivity index (χ0n) is 23.6. The van der Waals surface area contributed by atoms with Crippen LogP contribution in [0.25, 0.3) is 11.3 Å². The summed E-state index contributed by atoms with van der Waals surface area (Å²) in [6, 6.07) is 20.3. The number of aromatic nitrogens is 3. The molecule has 41 heavy (non-hydrogen) atoms. The van der Waals surface area contributed by atoms with Crippen LogP contribution in [0.15, 0.2) is 85.5 Å². The number of hydrogen-bond acceptors (Lipinski definition) is 6. The molecule has 5 rings (SSSR count). The highest BCUT2D eigenvalue weighted by Gasteiger charge is 2.30. The molecule has 214 valence electrons. The highest BCUT2D eigenvalue weighted by atomic mass is 19.4. The molecule has 2 aromatic carbocycles. The van der Waals surface area contributed by atoms with Gasteiger partial charge in [0.15, 0.2) is 0 Å². The number of nitrogens with zero attached hydrogens (tertiary/aromatic N) is 6. The van der Waals surface area contributed by atoms with Gasteiger partial charge in [-0.1, -0.05) is 24.3 Å². The van der Waals surface area contributed by atoms with Crippen LogP contribution in [0, 0.1) is 0 Å². The Hall–Kier alpha value is -3.98. The summed E-state index contributed by atoms with van der Waals surface area (Å²) in [5.41, 5.74) is 3.83. The topological polar surface area (TPSA) is 48.4 Å². The minimum atomic E-state index is -4.38. The lowest BCUT2D eigenvalue weighted by Crippen LogP contribution is -2.47. The maximum absolute atomic E-state index is 13.1. The van der Waals surface area contributed by atoms with Gasteiger partial charge < -0.3 is 14.7 Å². The monoisotopic (exact) mass is 560 g/mol. The van der Waals surface area contributed by atoms with Crippen LogP contribution < -0.4 is 9.80 Å². The van der Waals surface area contributed by atoms with Gasteiger partial charge in [-0.2, -0.15) is 13.2 Å². The van der Waals surface area contributed by atoms with Gasteiger partial charge in [-0.25, -0.2) is 9.97 Å². The first-order chi connectivity index (χ1) is 19.7. The standard InChI is InChI=1S/C32H35F3N6/c1-23(2)40-18-14-29(15-19-40)41(21-24-4-10-27(11-5-24)39(3)28-12-16-36-17-13-28)31-20-30(37-22-38-31)25-6-8-26(9-7-25)32(33,34)35/h4-13,16-17,20,22-23,29H,14-15,18-19,21H2,1-3H3. The number of hydrogen-bond donors (Lipinski definition) is 0. The molecule has 1 fully saturated rings. The first kappa shape index (κ1) is 28.5. The quantitative estimate of drug-likeness (QED) is 0.227. The van der Waals surface area contributed by atoms with Crippen molar-refractivity contribution < 1.29 is 13.2 Å². The van der Waals surface area contributed by atoms with E-state index in [0.29, 0.717) is 23.8 Å². The van der Waals surface area contributed by atoms with E-state index in [0.717, 1.165) is 60.8 Å². The summed E-state index contributed by atoms with van der Waals surface area (Å²) in [6.07, 6.45) is 2.69. The Kier molecular flexibility index (Phi) is 8.54. The predicted octanol–water partition coefficient (Wildman–Crippen LogP) is 7.20. The number of anilines is 3. The summed E-state index contributed by atoms with van der Waals surface area (Å²) < 4.78 is 39.3. The third-order valence-electron chi connectivity index (χ3n) is 7.85. The second kappa shape index (κ2) is 12.3. The van der Waals surface area contributed by atoms with Crippen LogP contribution in [0.4, 0.5) is 30.4 Å². The molecule has 0 N–H and O–H groups in total. The lowest BCUT2D eigenvalue weighted by atomic mass is 10.0. The Morgan fingerprint density at radius 1 is 0.878 bits per heavy atom. The summed E-state index contributed by atoms with van der Waals surface area (Å²) in [6.45, 7) is 7.12. The number of pyridine rings is 1. The van der Waals surface area contributed by atoms with E-state index in [1.165, 1.54) is 18.5 Å². The predicted molar refractivity (Wildman–Crippen MR) is 157 cm³/mol. The van der Waals surface area contributed by atoms with Crippen molar-refractivity contribution in [2.24, 2.45) is 0 Å². The fraction of sp³-hybridized carbons (Fsp3) is 0.344. The van der Waals surface area contributed by atoms with E-state index in [1.807, 2.05) is 25.2 Å². The minimum absolute atomic E-state index is 0.277. The smallest absolute Gasteiger partial charge is 0.349 e. The van der Waals surface area contributed by atoms with Crippen molar-refractivity contribution in [1.82, 2.24) is 19.9 Å². The van der Waals surface area contributed by atoms with Crippen LogP contribution >= 0.6 is 0 Å². The number of piperidine rings is 1. The van der Waals surface area contributed by atoms with Crippen LogP contribution in [0.1, 0.15) is 37.8 Å². The number of halogens is 3. The van der Waals surface area contributed by atoms with Gasteiger partial charge in [-0.3, -0.25) is 4.98 Å². The molecule has 1 saturated heterocycles. The summed E-state index contributed by atoms with van der Waals surface area (Å²) >= 11 is 0. The van der Waals surface area contributed by atoms with Crippen LogP contribution in [-0.2, 0) is 12.7 Å². The van der Waals surface area contributed by atoms with Crippen molar-refractivity contribution in [3.8, 4) is 11.3 Å². The number of likely N-dealkylation sites (tertiary alicyclic amines) is 1. The van der Waals surface area contributed by atoms with E-state index in [9.17, 15) is 13.2 Å². The van der Waals surface area contributed by atoms with Gasteiger partial charge in [0.25, 0.3) is 0 Å². The molecule has 0 spiro atoms. The lowest BCUT2D eigenvalue weighted by molar-refractivity contribution is -0.137. The van der Waals surface area contributed by atoms with Gasteiger partial charge >= 0.3 is 6.18 Å². The second-order valence-corrected chi connectivity index (χ2v) is 10.8. The molecule has 4 aromatic rings. The fourth-order valence-electron chi connectivity index (χ4n) is 5.34. The molecule has 9 heteroatoms. The van der Waals surface area contributed by atoms with Crippen LogP contribution in [0.5, 0.6) is 0 Å². The second-order valence-electron chi connectivity index (χ2n) is 10.8. The van der Waals surface area contributed by atoms with Crippen LogP contribution in [0.2, 0.25) is 0 Å². The largest absolute Gasteiger partial charge is 0.416 e. The molecule has 3 heterocycles. The normalized spacial score (nSPS) is 14.8. The van der Waals surface area contributed by atoms with Crippen molar-refractivity contribution in [3.63, 3.8) is 0 Å². The Bertz CT molecular complexity index is 1400. The molecule has 2 aromatic heterocycles. The lowest BCUT2D eigenvalue weighted by Gasteiger charge is -2.40. The molecular formula is C32H35F3N6. The van der Waals surface area contributed by atoms with Crippen LogP contribution in [-0.4, -0.2) is 52.1 Å². The molecule has 0 aliphatic carbocycles. The number of benzene rings is 2. The van der Waals surface area contributed by atoms with Crippen molar-refractivity contribution in [2.75, 3.05) is 29.9 Å². The molecule has 0 atom stereocenters. The van der Waals surface area contributed by atoms with Gasteiger partial charge in [0.2, 0.25) is 0 Å². The average molecular weight is 561 g/mol. The minimum Gasteiger partial charge on any atom is -0.349 e. The summed E-state index contributed by atoms with van der Waals surface area (Å²) in [5, 5.41) is 0. The van der Waals surface area contributed by atoms with Crippen molar-refractivity contribution in [1.29, 1.82) is 0 Å².